The largest absolute Gasteiger partial charge is 0.351 e. The maximum absolute atomic E-state index is 12.9. The first-order chi connectivity index (χ1) is 16.0. The van der Waals surface area contributed by atoms with Gasteiger partial charge in [0.25, 0.3) is 0 Å². The lowest BCUT2D eigenvalue weighted by atomic mass is 10.2. The van der Waals surface area contributed by atoms with E-state index >= 15 is 0 Å². The van der Waals surface area contributed by atoms with Crippen molar-refractivity contribution < 1.29 is 13.2 Å². The van der Waals surface area contributed by atoms with Crippen LogP contribution >= 0.6 is 11.8 Å². The molecule has 1 amide bonds. The Kier molecular flexibility index (Phi) is 8.40. The van der Waals surface area contributed by atoms with Gasteiger partial charge in [-0.1, -0.05) is 54.9 Å². The average Bonchev–Trinajstić information content (AvgIpc) is 3.07. The summed E-state index contributed by atoms with van der Waals surface area (Å²) >= 11 is 1.33. The van der Waals surface area contributed by atoms with E-state index in [1.165, 1.54) is 23.5 Å². The second-order valence-corrected chi connectivity index (χ2v) is 11.6. The van der Waals surface area contributed by atoms with Crippen molar-refractivity contribution in [2.75, 3.05) is 31.9 Å². The Labute approximate surface area is 201 Å². The summed E-state index contributed by atoms with van der Waals surface area (Å²) in [5, 5.41) is 3.77. The number of amides is 1. The molecule has 2 saturated heterocycles. The van der Waals surface area contributed by atoms with Gasteiger partial charge in [-0.25, -0.2) is 13.4 Å². The van der Waals surface area contributed by atoms with E-state index in [9.17, 15) is 13.2 Å². The van der Waals surface area contributed by atoms with Gasteiger partial charge in [0.2, 0.25) is 15.9 Å². The van der Waals surface area contributed by atoms with E-state index < -0.39 is 10.0 Å². The molecule has 2 aromatic rings. The number of rotatable bonds is 8. The molecular weight excluding hydrogens is 456 g/mol. The highest BCUT2D eigenvalue weighted by Crippen LogP contribution is 2.22. The van der Waals surface area contributed by atoms with Gasteiger partial charge >= 0.3 is 0 Å². The summed E-state index contributed by atoms with van der Waals surface area (Å²) in [6.07, 6.45) is 6.33. The van der Waals surface area contributed by atoms with Crippen molar-refractivity contribution in [2.45, 2.75) is 54.6 Å². The third-order valence-electron chi connectivity index (χ3n) is 6.15. The molecule has 1 unspecified atom stereocenters. The fraction of sp³-hybridized carbons (Fsp3) is 0.500. The summed E-state index contributed by atoms with van der Waals surface area (Å²) in [5.41, 5.74) is 1.28. The number of aromatic nitrogens is 1. The van der Waals surface area contributed by atoms with Gasteiger partial charge in [-0.2, -0.15) is 4.31 Å². The Bertz CT molecular complexity index is 1010. The molecule has 0 spiro atoms. The fourth-order valence-electron chi connectivity index (χ4n) is 4.38. The minimum atomic E-state index is -3.50. The van der Waals surface area contributed by atoms with E-state index in [-0.39, 0.29) is 22.6 Å². The van der Waals surface area contributed by atoms with Crippen LogP contribution in [0.5, 0.6) is 0 Å². The van der Waals surface area contributed by atoms with Crippen LogP contribution in [0.2, 0.25) is 0 Å². The van der Waals surface area contributed by atoms with Crippen LogP contribution in [-0.2, 0) is 21.4 Å². The Morgan fingerprint density at radius 2 is 1.79 bits per heavy atom. The van der Waals surface area contributed by atoms with Crippen LogP contribution in [0.15, 0.2) is 58.6 Å². The van der Waals surface area contributed by atoms with E-state index in [0.29, 0.717) is 18.1 Å². The van der Waals surface area contributed by atoms with Gasteiger partial charge in [0, 0.05) is 45.0 Å². The second-order valence-electron chi connectivity index (χ2n) is 8.71. The van der Waals surface area contributed by atoms with Gasteiger partial charge in [-0.3, -0.25) is 9.69 Å². The molecule has 3 heterocycles. The van der Waals surface area contributed by atoms with Gasteiger partial charge in [-0.05, 0) is 37.0 Å². The zero-order valence-corrected chi connectivity index (χ0v) is 20.5. The number of nitrogens with zero attached hydrogens (tertiary/aromatic N) is 3. The minimum absolute atomic E-state index is 0.0189. The smallest absolute Gasteiger partial charge is 0.244 e. The van der Waals surface area contributed by atoms with E-state index in [1.807, 2.05) is 18.2 Å². The normalized spacial score (nSPS) is 20.4. The maximum Gasteiger partial charge on any atom is 0.244 e. The van der Waals surface area contributed by atoms with E-state index in [2.05, 4.69) is 27.3 Å². The number of nitrogens with one attached hydrogen (secondary N) is 1. The standard InChI is InChI=1S/C24H32N4O3S2/c29-23(26-21-12-15-27(18-21)17-20-8-4-3-5-9-20)19-32-24-11-10-22(16-25-24)33(30,31)28-13-6-1-2-7-14-28/h3-5,8-11,16,21H,1-2,6-7,12-15,17-19H2,(H,26,29). The van der Waals surface area contributed by atoms with Gasteiger partial charge in [0.15, 0.2) is 0 Å². The lowest BCUT2D eigenvalue weighted by Gasteiger charge is -2.19. The lowest BCUT2D eigenvalue weighted by molar-refractivity contribution is -0.119. The number of hydrogen-bond acceptors (Lipinski definition) is 6. The number of hydrogen-bond donors (Lipinski definition) is 1. The summed E-state index contributed by atoms with van der Waals surface area (Å²) in [6.45, 7) is 3.87. The van der Waals surface area contributed by atoms with Gasteiger partial charge < -0.3 is 5.32 Å². The second kappa shape index (κ2) is 11.5. The lowest BCUT2D eigenvalue weighted by Crippen LogP contribution is -2.38. The van der Waals surface area contributed by atoms with E-state index in [0.717, 1.165) is 51.7 Å². The van der Waals surface area contributed by atoms with Gasteiger partial charge in [0.05, 0.1) is 10.8 Å². The van der Waals surface area contributed by atoms with Gasteiger partial charge in [0.1, 0.15) is 4.90 Å². The molecule has 0 aliphatic carbocycles. The Morgan fingerprint density at radius 3 is 2.48 bits per heavy atom. The average molecular weight is 489 g/mol. The topological polar surface area (TPSA) is 82.6 Å². The molecule has 0 saturated carbocycles. The molecule has 2 aliphatic heterocycles. The summed E-state index contributed by atoms with van der Waals surface area (Å²) in [6, 6.07) is 13.8. The number of sulfonamides is 1. The Hall–Kier alpha value is -1.94. The van der Waals surface area contributed by atoms with Crippen LogP contribution in [-0.4, -0.2) is 66.5 Å². The number of carbonyl (C=O) groups is 1. The Morgan fingerprint density at radius 1 is 1.03 bits per heavy atom. The molecule has 178 valence electrons. The fourth-order valence-corrected chi connectivity index (χ4v) is 6.50. The third kappa shape index (κ3) is 6.79. The predicted octanol–water partition coefficient (Wildman–Crippen LogP) is 3.13. The molecule has 2 fully saturated rings. The van der Waals surface area contributed by atoms with Crippen molar-refractivity contribution in [3.8, 4) is 0 Å². The van der Waals surface area contributed by atoms with Crippen LogP contribution in [0.4, 0.5) is 0 Å². The number of benzene rings is 1. The molecule has 9 heteroatoms. The van der Waals surface area contributed by atoms with E-state index in [1.54, 1.807) is 16.4 Å². The molecule has 1 N–H and O–H groups in total. The highest BCUT2D eigenvalue weighted by atomic mass is 32.2. The number of pyridine rings is 1. The van der Waals surface area contributed by atoms with Crippen molar-refractivity contribution in [3.05, 3.63) is 54.2 Å². The maximum atomic E-state index is 12.9. The molecule has 0 radical (unpaired) electrons. The predicted molar refractivity (Wildman–Crippen MR) is 130 cm³/mol. The molecular formula is C24H32N4O3S2. The highest BCUT2D eigenvalue weighted by Gasteiger charge is 2.26. The van der Waals surface area contributed by atoms with Crippen LogP contribution in [0, 0.1) is 0 Å². The summed E-state index contributed by atoms with van der Waals surface area (Å²) < 4.78 is 27.3. The molecule has 1 aromatic heterocycles. The molecule has 2 aliphatic rings. The van der Waals surface area contributed by atoms with E-state index in [4.69, 9.17) is 0 Å². The zero-order chi connectivity index (χ0) is 23.1. The van der Waals surface area contributed by atoms with Crippen molar-refractivity contribution in [2.24, 2.45) is 0 Å². The number of likely N-dealkylation sites (tertiary alicyclic amines) is 1. The first-order valence-electron chi connectivity index (χ1n) is 11.7. The number of carbonyl (C=O) groups excluding carboxylic acids is 1. The molecule has 0 bridgehead atoms. The van der Waals surface area contributed by atoms with Crippen molar-refractivity contribution in [1.29, 1.82) is 0 Å². The SMILES string of the molecule is O=C(CSc1ccc(S(=O)(=O)N2CCCCCC2)cn1)NC1CCN(Cc2ccccc2)C1. The Balaban J connectivity index is 1.22. The molecule has 4 rings (SSSR count). The molecule has 7 nitrogen and oxygen atoms in total. The molecule has 33 heavy (non-hydrogen) atoms. The minimum Gasteiger partial charge on any atom is -0.351 e. The first-order valence-corrected chi connectivity index (χ1v) is 14.1. The number of thioether (sulfide) groups is 1. The third-order valence-corrected chi connectivity index (χ3v) is 8.98. The molecule has 1 atom stereocenters. The summed E-state index contributed by atoms with van der Waals surface area (Å²) in [7, 11) is -3.50. The quantitative estimate of drug-likeness (QED) is 0.575. The van der Waals surface area contributed by atoms with Crippen molar-refractivity contribution in [3.63, 3.8) is 0 Å². The van der Waals surface area contributed by atoms with Crippen molar-refractivity contribution >= 4 is 27.7 Å². The zero-order valence-electron chi connectivity index (χ0n) is 18.9. The monoisotopic (exact) mass is 488 g/mol. The van der Waals surface area contributed by atoms with Crippen LogP contribution in [0.3, 0.4) is 0 Å². The van der Waals surface area contributed by atoms with Crippen molar-refractivity contribution in [1.82, 2.24) is 19.5 Å². The van der Waals surface area contributed by atoms with Crippen LogP contribution < -0.4 is 5.32 Å². The van der Waals surface area contributed by atoms with Crippen LogP contribution in [0.1, 0.15) is 37.7 Å². The van der Waals surface area contributed by atoms with Gasteiger partial charge in [-0.15, -0.1) is 0 Å². The summed E-state index contributed by atoms with van der Waals surface area (Å²) in [4.78, 5) is 19.3. The first kappa shape index (κ1) is 24.2. The summed E-state index contributed by atoms with van der Waals surface area (Å²) in [5.74, 6) is 0.245. The van der Waals surface area contributed by atoms with Crippen LogP contribution in [0.25, 0.3) is 0 Å². The molecule has 1 aromatic carbocycles. The highest BCUT2D eigenvalue weighted by molar-refractivity contribution is 7.99.